The number of aryl methyl sites for hydroxylation is 3. The largest absolute Gasteiger partial charge is 2.00 e. The molecule has 722 valence electrons. The SMILES string of the molecule is C1=CCCC1.F.FP(F)(F)(F)F.O=C1CCc2ccc(cc2)Oc2cccc(c2)CC(C(=O)OCc2ccccc2)OC(=O)C(C2CCCCC2)N1.O=C1CCc2ccc(cc2)Oc2cccc(c2)CC(C(=O)OCc2ccccc2)OC(=O)C(C2CCCCC2)N1.O=C1CCc2ccc(cc2)Oc2cccc(c2)C[C@H](C(=O)OCc2ccccc2)OC(=O)C(C2CCCCC2)N1.[CH3-].[CH3-].[Ru+2]. The first kappa shape index (κ1) is 108. The van der Waals surface area contributed by atoms with Gasteiger partial charge in [-0.15, -0.1) is 0 Å². The molecule has 6 atom stereocenters. The van der Waals surface area contributed by atoms with Gasteiger partial charge in [0.15, 0.2) is 0 Å². The van der Waals surface area contributed by atoms with Gasteiger partial charge in [-0.05, 0) is 218 Å². The van der Waals surface area contributed by atoms with Crippen LogP contribution in [0.25, 0.3) is 0 Å². The molecule has 3 saturated carbocycles. The number of rotatable bonds is 12. The van der Waals surface area contributed by atoms with Gasteiger partial charge in [0, 0.05) is 38.5 Å². The van der Waals surface area contributed by atoms with Crippen LogP contribution in [0, 0.1) is 32.6 Å². The first-order valence-electron chi connectivity index (χ1n) is 45.3. The van der Waals surface area contributed by atoms with Gasteiger partial charge < -0.3 is 73.4 Å². The van der Waals surface area contributed by atoms with Gasteiger partial charge in [0.25, 0.3) is 0 Å². The average molecular weight is 1970 g/mol. The van der Waals surface area contributed by atoms with E-state index in [0.29, 0.717) is 53.8 Å². The van der Waals surface area contributed by atoms with Crippen molar-refractivity contribution in [3.63, 3.8) is 0 Å². The monoisotopic (exact) mass is 1970 g/mol. The Hall–Kier alpha value is -12.0. The van der Waals surface area contributed by atoms with E-state index in [1.54, 1.807) is 0 Å². The van der Waals surface area contributed by atoms with Crippen LogP contribution in [0.4, 0.5) is 25.7 Å². The molecule has 3 fully saturated rings. The molecule has 19 rings (SSSR count). The topological polar surface area (TPSA) is 273 Å². The van der Waals surface area contributed by atoms with Crippen molar-refractivity contribution in [1.82, 2.24) is 16.0 Å². The van der Waals surface area contributed by atoms with Crippen LogP contribution in [-0.2, 0) is 149 Å². The molecule has 12 bridgehead atoms. The molecule has 0 radical (unpaired) electrons. The number of allylic oxidation sites excluding steroid dienone is 2. The van der Waals surface area contributed by atoms with Gasteiger partial charge in [0.2, 0.25) is 36.0 Å². The van der Waals surface area contributed by atoms with Crippen molar-refractivity contribution in [2.45, 2.75) is 230 Å². The molecule has 9 aromatic rings. The number of benzene rings is 9. The van der Waals surface area contributed by atoms with Crippen molar-refractivity contribution < 1.29 is 131 Å². The molecule has 21 nitrogen and oxygen atoms in total. The van der Waals surface area contributed by atoms with Gasteiger partial charge in [-0.1, -0.05) is 234 Å². The summed E-state index contributed by atoms with van der Waals surface area (Å²) in [5.74, 6) is -0.637. The van der Waals surface area contributed by atoms with Crippen molar-refractivity contribution in [3.8, 4) is 34.5 Å². The van der Waals surface area contributed by atoms with Crippen LogP contribution in [0.2, 0.25) is 0 Å². The number of ether oxygens (including phenoxy) is 9. The molecular weight excluding hydrogens is 1850 g/mol. The third kappa shape index (κ3) is 38.0. The van der Waals surface area contributed by atoms with Crippen molar-refractivity contribution >= 4 is 61.7 Å². The van der Waals surface area contributed by atoms with Crippen molar-refractivity contribution in [1.29, 1.82) is 0 Å². The van der Waals surface area contributed by atoms with E-state index < -0.39 is 80.4 Å². The number of carbonyl (C=O) groups is 9. The molecule has 0 spiro atoms. The molecule has 135 heavy (non-hydrogen) atoms. The predicted molar refractivity (Wildman–Crippen MR) is 500 cm³/mol. The molecular formula is C106H120F6N3O18PRu. The Morgan fingerprint density at radius 3 is 0.800 bits per heavy atom. The molecule has 0 aromatic heterocycles. The fraction of sp³-hybridized carbons (Fsp3) is 0.368. The zero-order valence-corrected chi connectivity index (χ0v) is 78.7. The van der Waals surface area contributed by atoms with Crippen LogP contribution in [0.3, 0.4) is 0 Å². The fourth-order valence-electron chi connectivity index (χ4n) is 16.7. The van der Waals surface area contributed by atoms with Gasteiger partial charge in [0.05, 0.1) is 0 Å². The summed E-state index contributed by atoms with van der Waals surface area (Å²) in [4.78, 5) is 120. The molecule has 10 aliphatic rings. The van der Waals surface area contributed by atoms with E-state index in [9.17, 15) is 64.1 Å². The molecule has 6 aliphatic heterocycles. The summed E-state index contributed by atoms with van der Waals surface area (Å²) in [6.45, 7) is 0.195. The van der Waals surface area contributed by atoms with E-state index in [2.05, 4.69) is 28.1 Å². The van der Waals surface area contributed by atoms with E-state index in [4.69, 9.17) is 42.6 Å². The predicted octanol–water partition coefficient (Wildman–Crippen LogP) is 22.8. The fourth-order valence-corrected chi connectivity index (χ4v) is 16.7. The zero-order chi connectivity index (χ0) is 92.2. The second-order valence-electron chi connectivity index (χ2n) is 33.7. The Balaban J connectivity index is 0.000000231. The first-order valence-corrected chi connectivity index (χ1v) is 47.0. The third-order valence-corrected chi connectivity index (χ3v) is 23.6. The number of carbonyl (C=O) groups excluding carboxylic acids is 9. The Bertz CT molecular complexity index is 4750. The summed E-state index contributed by atoms with van der Waals surface area (Å²) >= 11 is 0. The van der Waals surface area contributed by atoms with Crippen molar-refractivity contribution in [3.05, 3.63) is 314 Å². The van der Waals surface area contributed by atoms with E-state index >= 15 is 0 Å². The van der Waals surface area contributed by atoms with Gasteiger partial charge in [-0.3, -0.25) is 19.1 Å². The van der Waals surface area contributed by atoms with Crippen LogP contribution < -0.4 is 30.2 Å². The van der Waals surface area contributed by atoms with Crippen molar-refractivity contribution in [2.75, 3.05) is 0 Å². The molecule has 4 aliphatic carbocycles. The Labute approximate surface area is 799 Å². The molecule has 3 amide bonds. The molecule has 3 N–H and O–H groups in total. The minimum atomic E-state index is -8.55. The minimum absolute atomic E-state index is 0. The Morgan fingerprint density at radius 2 is 0.563 bits per heavy atom. The zero-order valence-electron chi connectivity index (χ0n) is 76.0. The number of hydrogen-bond donors (Lipinski definition) is 3. The number of halogens is 6. The minimum Gasteiger partial charge on any atom is -0.458 e. The number of fused-ring (bicyclic) bond motifs is 30. The van der Waals surface area contributed by atoms with Crippen LogP contribution >= 0.6 is 8.16 Å². The summed E-state index contributed by atoms with van der Waals surface area (Å²) in [6, 6.07) is 70.6. The number of esters is 6. The second-order valence-corrected chi connectivity index (χ2v) is 35.0. The van der Waals surface area contributed by atoms with E-state index in [0.717, 1.165) is 146 Å². The van der Waals surface area contributed by atoms with Gasteiger partial charge >= 0.3 is 84.4 Å². The Kier molecular flexibility index (Phi) is 44.2. The van der Waals surface area contributed by atoms with Crippen LogP contribution in [0.1, 0.15) is 185 Å². The normalized spacial score (nSPS) is 19.8. The molecule has 29 heteroatoms. The molecule has 5 unspecified atom stereocenters. The first-order chi connectivity index (χ1) is 63.3. The maximum absolute atomic E-state index is 13.6. The number of nitrogens with one attached hydrogen (secondary N) is 3. The summed E-state index contributed by atoms with van der Waals surface area (Å²) in [5.41, 5.74) is 7.76. The summed E-state index contributed by atoms with van der Waals surface area (Å²) in [5, 5.41) is 8.86. The van der Waals surface area contributed by atoms with E-state index in [-0.39, 0.29) is 133 Å². The van der Waals surface area contributed by atoms with Gasteiger partial charge in [-0.25, -0.2) is 28.8 Å². The molecule has 0 saturated heterocycles. The third-order valence-electron chi connectivity index (χ3n) is 23.6. The van der Waals surface area contributed by atoms with Crippen LogP contribution in [-0.4, -0.2) is 90.0 Å². The van der Waals surface area contributed by atoms with Crippen molar-refractivity contribution in [2.24, 2.45) is 17.8 Å². The average Bonchev–Trinajstić information content (AvgIpc) is 1.81. The second kappa shape index (κ2) is 55.1. The smallest absolute Gasteiger partial charge is 0.458 e. The maximum Gasteiger partial charge on any atom is 2.00 e. The summed E-state index contributed by atoms with van der Waals surface area (Å²) in [7, 11) is -8.55. The van der Waals surface area contributed by atoms with Gasteiger partial charge in [0.1, 0.15) is 72.4 Å². The van der Waals surface area contributed by atoms with Gasteiger partial charge in [-0.2, -0.15) is 0 Å². The number of amides is 3. The summed E-state index contributed by atoms with van der Waals surface area (Å²) < 4.78 is 102. The number of hydrogen-bond acceptors (Lipinski definition) is 18. The molecule has 6 heterocycles. The maximum atomic E-state index is 13.6. The van der Waals surface area contributed by atoms with Crippen LogP contribution in [0.5, 0.6) is 34.5 Å². The summed E-state index contributed by atoms with van der Waals surface area (Å²) in [6.07, 6.45) is 21.8. The Morgan fingerprint density at radius 1 is 0.311 bits per heavy atom. The quantitative estimate of drug-likeness (QED) is 0.0195. The molecule has 9 aromatic carbocycles. The van der Waals surface area contributed by atoms with E-state index in [1.165, 1.54) is 19.3 Å². The van der Waals surface area contributed by atoms with Crippen LogP contribution in [0.15, 0.2) is 249 Å². The standard InChI is InChI=1S/3C33H35NO6.C5H8.2CH3.F5P.FH.Ru/c3*35-30-19-16-23-14-17-27(18-15-23)39-28-13-7-10-25(20-28)21-29(32(36)38-22-24-8-3-1-4-9-24)40-33(37)31(34-30)26-11-5-2-6-12-26;1-2-4-5-3-1;;;1-6(2,3,4)5;;/h3*1,3-4,7-10,13-15,17-18,20,26,29,31H,2,5-6,11-12,16,19,21-22H2,(H,34,35);1-2H,3-5H2;2*1H3;;1H;/q;;;;2*-1;;;+2/t29-,31?;;;;;;;;/m1......../s1. The van der Waals surface area contributed by atoms with E-state index in [1.807, 2.05) is 237 Å².